The molecule has 10 heteroatoms. The average Bonchev–Trinajstić information content (AvgIpc) is 3.09. The third-order valence-corrected chi connectivity index (χ3v) is 5.82. The van der Waals surface area contributed by atoms with Crippen LogP contribution < -0.4 is 9.64 Å². The van der Waals surface area contributed by atoms with Crippen LogP contribution in [0.25, 0.3) is 5.76 Å². The summed E-state index contributed by atoms with van der Waals surface area (Å²) in [7, 11) is 1.34. The Kier molecular flexibility index (Phi) is 6.29. The van der Waals surface area contributed by atoms with Crippen molar-refractivity contribution in [3.05, 3.63) is 99.8 Å². The zero-order valence-corrected chi connectivity index (χ0v) is 18.7. The second kappa shape index (κ2) is 9.07. The van der Waals surface area contributed by atoms with E-state index in [1.807, 2.05) is 0 Å². The summed E-state index contributed by atoms with van der Waals surface area (Å²) in [5.41, 5.74) is -1.35. The number of aliphatic hydroxyl groups excluding tert-OH is 1. The van der Waals surface area contributed by atoms with Gasteiger partial charge in [-0.15, -0.1) is 0 Å². The van der Waals surface area contributed by atoms with Gasteiger partial charge in [0, 0.05) is 11.3 Å². The molecule has 0 bridgehead atoms. The van der Waals surface area contributed by atoms with Crippen LogP contribution in [0.1, 0.15) is 22.7 Å². The second-order valence-electron chi connectivity index (χ2n) is 7.62. The van der Waals surface area contributed by atoms with Crippen molar-refractivity contribution in [3.63, 3.8) is 0 Å². The molecule has 0 saturated carbocycles. The van der Waals surface area contributed by atoms with Gasteiger partial charge in [0.15, 0.2) is 0 Å². The van der Waals surface area contributed by atoms with E-state index in [-0.39, 0.29) is 33.2 Å². The molecule has 1 N–H and O–H groups in total. The highest BCUT2D eigenvalue weighted by atomic mass is 35.5. The van der Waals surface area contributed by atoms with E-state index in [0.29, 0.717) is 0 Å². The Morgan fingerprint density at radius 3 is 2.34 bits per heavy atom. The van der Waals surface area contributed by atoms with Gasteiger partial charge in [0.25, 0.3) is 11.7 Å². The predicted octanol–water partition coefficient (Wildman–Crippen LogP) is 6.13. The maximum Gasteiger partial charge on any atom is 0.416 e. The molecule has 0 spiro atoms. The minimum absolute atomic E-state index is 0.0837. The number of hydrogen-bond acceptors (Lipinski definition) is 4. The average molecular weight is 506 g/mol. The fourth-order valence-electron chi connectivity index (χ4n) is 3.85. The highest BCUT2D eigenvalue weighted by Crippen LogP contribution is 2.44. The third kappa shape index (κ3) is 4.46. The van der Waals surface area contributed by atoms with Crippen LogP contribution in [-0.2, 0) is 15.8 Å². The predicted molar refractivity (Wildman–Crippen MR) is 121 cm³/mol. The molecule has 0 aromatic heterocycles. The molecule has 0 radical (unpaired) electrons. The molecular weight excluding hydrogens is 490 g/mol. The number of hydrogen-bond donors (Lipinski definition) is 1. The molecule has 1 amide bonds. The van der Waals surface area contributed by atoms with Gasteiger partial charge in [-0.3, -0.25) is 14.5 Å². The Morgan fingerprint density at radius 2 is 1.71 bits per heavy atom. The van der Waals surface area contributed by atoms with Gasteiger partial charge in [0.2, 0.25) is 0 Å². The van der Waals surface area contributed by atoms with Gasteiger partial charge in [0.05, 0.1) is 29.3 Å². The molecule has 0 aliphatic carbocycles. The summed E-state index contributed by atoms with van der Waals surface area (Å²) in [5.74, 6) is -3.29. The molecule has 1 unspecified atom stereocenters. The van der Waals surface area contributed by atoms with Gasteiger partial charge in [-0.25, -0.2) is 4.39 Å². The second-order valence-corrected chi connectivity index (χ2v) is 8.03. The number of ketones is 1. The summed E-state index contributed by atoms with van der Waals surface area (Å²) in [6, 6.07) is 11.4. The highest BCUT2D eigenvalue weighted by Gasteiger charge is 2.47. The van der Waals surface area contributed by atoms with Crippen LogP contribution in [0.4, 0.5) is 23.2 Å². The molecule has 5 nitrogen and oxygen atoms in total. The number of methoxy groups -OCH3 is 1. The molecular formula is C25H16ClF4NO4. The molecule has 4 rings (SSSR count). The number of carbonyl (C=O) groups is 2. The summed E-state index contributed by atoms with van der Waals surface area (Å²) in [6.45, 7) is 0. The van der Waals surface area contributed by atoms with Crippen LogP contribution in [0.3, 0.4) is 0 Å². The highest BCUT2D eigenvalue weighted by molar-refractivity contribution is 6.51. The standard InChI is InChI=1S/C25H16ClF4NO4/c1-35-19-11-14(7-10-18(19)26)22(32)20-21(13-5-8-16(27)9-6-13)31(24(34)23(20)33)17-4-2-3-15(12-17)25(28,29)30/h2-12,21,32H,1H3/b22-20+. The zero-order valence-electron chi connectivity index (χ0n) is 17.9. The van der Waals surface area contributed by atoms with Crippen molar-refractivity contribution in [1.82, 2.24) is 0 Å². The first kappa shape index (κ1) is 24.3. The van der Waals surface area contributed by atoms with Crippen LogP contribution in [0, 0.1) is 5.82 Å². The van der Waals surface area contributed by atoms with Crippen molar-refractivity contribution in [1.29, 1.82) is 0 Å². The quantitative estimate of drug-likeness (QED) is 0.200. The van der Waals surface area contributed by atoms with E-state index in [4.69, 9.17) is 16.3 Å². The smallest absolute Gasteiger partial charge is 0.416 e. The van der Waals surface area contributed by atoms with Crippen LogP contribution in [0.2, 0.25) is 5.02 Å². The molecule has 3 aromatic rings. The van der Waals surface area contributed by atoms with E-state index in [1.54, 1.807) is 0 Å². The van der Waals surface area contributed by atoms with Gasteiger partial charge < -0.3 is 9.84 Å². The lowest BCUT2D eigenvalue weighted by Gasteiger charge is -2.26. The van der Waals surface area contributed by atoms with Gasteiger partial charge in [-0.1, -0.05) is 29.8 Å². The molecule has 1 atom stereocenters. The van der Waals surface area contributed by atoms with Gasteiger partial charge >= 0.3 is 6.18 Å². The van der Waals surface area contributed by atoms with Crippen LogP contribution in [-0.4, -0.2) is 23.9 Å². The minimum Gasteiger partial charge on any atom is -0.507 e. The zero-order chi connectivity index (χ0) is 25.5. The Labute approximate surface area is 201 Å². The number of halogens is 5. The summed E-state index contributed by atoms with van der Waals surface area (Å²) < 4.78 is 58.8. The fraction of sp³-hybridized carbons (Fsp3) is 0.120. The molecule has 3 aromatic carbocycles. The number of nitrogens with zero attached hydrogens (tertiary/aromatic N) is 1. The van der Waals surface area contributed by atoms with Crippen LogP contribution in [0.15, 0.2) is 72.3 Å². The van der Waals surface area contributed by atoms with E-state index < -0.39 is 41.0 Å². The number of rotatable bonds is 4. The van der Waals surface area contributed by atoms with E-state index in [0.717, 1.165) is 35.2 Å². The van der Waals surface area contributed by atoms with Gasteiger partial charge in [-0.2, -0.15) is 13.2 Å². The molecule has 180 valence electrons. The number of carbonyl (C=O) groups excluding carboxylic acids is 2. The Hall–Kier alpha value is -3.85. The first-order chi connectivity index (χ1) is 16.5. The maximum absolute atomic E-state index is 13.6. The Bertz CT molecular complexity index is 1350. The van der Waals surface area contributed by atoms with Crippen molar-refractivity contribution >= 4 is 34.7 Å². The van der Waals surface area contributed by atoms with Crippen molar-refractivity contribution < 1.29 is 37.0 Å². The molecule has 1 saturated heterocycles. The number of benzene rings is 3. The Morgan fingerprint density at radius 1 is 1.03 bits per heavy atom. The number of amides is 1. The van der Waals surface area contributed by atoms with Crippen molar-refractivity contribution in [2.75, 3.05) is 12.0 Å². The number of aliphatic hydroxyl groups is 1. The Balaban J connectivity index is 1.95. The third-order valence-electron chi connectivity index (χ3n) is 5.51. The molecule has 1 aliphatic heterocycles. The molecule has 1 aliphatic rings. The lowest BCUT2D eigenvalue weighted by Crippen LogP contribution is -2.29. The summed E-state index contributed by atoms with van der Waals surface area (Å²) >= 11 is 6.03. The molecule has 1 fully saturated rings. The number of Topliss-reactive ketones (excluding diaryl/α,β-unsaturated/α-hetero) is 1. The monoisotopic (exact) mass is 505 g/mol. The first-order valence-electron chi connectivity index (χ1n) is 10.1. The lowest BCUT2D eigenvalue weighted by atomic mass is 9.95. The number of anilines is 1. The normalized spacial score (nSPS) is 17.7. The largest absolute Gasteiger partial charge is 0.507 e. The summed E-state index contributed by atoms with van der Waals surface area (Å²) in [5, 5.41) is 11.3. The van der Waals surface area contributed by atoms with E-state index in [2.05, 4.69) is 0 Å². The summed E-state index contributed by atoms with van der Waals surface area (Å²) in [6.07, 6.45) is -4.70. The van der Waals surface area contributed by atoms with E-state index >= 15 is 0 Å². The minimum atomic E-state index is -4.70. The fourth-order valence-corrected chi connectivity index (χ4v) is 4.05. The summed E-state index contributed by atoms with van der Waals surface area (Å²) in [4.78, 5) is 27.0. The van der Waals surface area contributed by atoms with Gasteiger partial charge in [-0.05, 0) is 54.1 Å². The van der Waals surface area contributed by atoms with E-state index in [9.17, 15) is 32.3 Å². The molecule has 1 heterocycles. The number of alkyl halides is 3. The van der Waals surface area contributed by atoms with E-state index in [1.165, 1.54) is 43.5 Å². The van der Waals surface area contributed by atoms with Crippen molar-refractivity contribution in [3.8, 4) is 5.75 Å². The SMILES string of the molecule is COc1cc(/C(O)=C2\C(=O)C(=O)N(c3cccc(C(F)(F)F)c3)C2c2ccc(F)cc2)ccc1Cl. The van der Waals surface area contributed by atoms with Crippen LogP contribution >= 0.6 is 11.6 Å². The first-order valence-corrected chi connectivity index (χ1v) is 10.5. The lowest BCUT2D eigenvalue weighted by molar-refractivity contribution is -0.137. The molecule has 35 heavy (non-hydrogen) atoms. The van der Waals surface area contributed by atoms with Gasteiger partial charge in [0.1, 0.15) is 17.3 Å². The maximum atomic E-state index is 13.6. The number of ether oxygens (including phenoxy) is 1. The van der Waals surface area contributed by atoms with Crippen molar-refractivity contribution in [2.45, 2.75) is 12.2 Å². The van der Waals surface area contributed by atoms with Crippen LogP contribution in [0.5, 0.6) is 5.75 Å². The topological polar surface area (TPSA) is 66.8 Å². The van der Waals surface area contributed by atoms with Crippen molar-refractivity contribution in [2.24, 2.45) is 0 Å².